The Morgan fingerprint density at radius 2 is 0.986 bits per heavy atom. The number of nitrogen functional groups attached to an aromatic ring is 1. The number of thioether (sulfide) groups is 1. The fourth-order valence-corrected chi connectivity index (χ4v) is 8.12. The van der Waals surface area contributed by atoms with E-state index in [2.05, 4.69) is 47.5 Å². The van der Waals surface area contributed by atoms with Gasteiger partial charge in [0.1, 0.15) is 48.1 Å². The van der Waals surface area contributed by atoms with Gasteiger partial charge in [0.05, 0.1) is 0 Å². The van der Waals surface area contributed by atoms with Crippen molar-refractivity contribution in [3.05, 3.63) is 35.4 Å². The minimum Gasteiger partial charge on any atom is -0.384 e. The van der Waals surface area contributed by atoms with Crippen LogP contribution in [0.5, 0.6) is 0 Å². The van der Waals surface area contributed by atoms with Crippen LogP contribution in [0.15, 0.2) is 29.3 Å². The number of hydrogen-bond acceptors (Lipinski definition) is 12. The monoisotopic (exact) mass is 1040 g/mol. The van der Waals surface area contributed by atoms with Gasteiger partial charge in [-0.05, 0) is 106 Å². The Morgan fingerprint density at radius 3 is 1.42 bits per heavy atom. The average Bonchev–Trinajstić information content (AvgIpc) is 3.30. The molecule has 0 fully saturated rings. The second kappa shape index (κ2) is 34.5. The third kappa shape index (κ3) is 26.5. The maximum atomic E-state index is 14.3. The van der Waals surface area contributed by atoms with Crippen LogP contribution in [0.4, 0.5) is 0 Å². The summed E-state index contributed by atoms with van der Waals surface area (Å²) < 4.78 is 0. The molecule has 0 saturated heterocycles. The number of unbranched alkanes of at least 4 members (excludes halogenated alkanes) is 1. The Balaban J connectivity index is 3.45. The molecule has 0 aliphatic heterocycles. The highest BCUT2D eigenvalue weighted by atomic mass is 32.2. The summed E-state index contributed by atoms with van der Waals surface area (Å²) in [4.78, 5) is 114. The van der Waals surface area contributed by atoms with E-state index in [1.165, 1.54) is 18.7 Å². The Hall–Kier alpha value is -5.97. The largest absolute Gasteiger partial charge is 0.384 e. The zero-order chi connectivity index (χ0) is 55.4. The predicted octanol–water partition coefficient (Wildman–Crippen LogP) is 0.730. The van der Waals surface area contributed by atoms with Crippen molar-refractivity contribution in [2.75, 3.05) is 25.1 Å². The molecular formula is C50H88N14O8S. The smallest absolute Gasteiger partial charge is 0.243 e. The Morgan fingerprint density at radius 1 is 0.562 bits per heavy atom. The van der Waals surface area contributed by atoms with E-state index in [1.54, 1.807) is 38.1 Å². The fraction of sp³-hybridized carbons (Fsp3) is 0.680. The molecule has 0 spiro atoms. The van der Waals surface area contributed by atoms with Crippen molar-refractivity contribution >= 4 is 70.8 Å². The number of amides is 8. The summed E-state index contributed by atoms with van der Waals surface area (Å²) in [5.41, 5.74) is 23.7. The average molecular weight is 1050 g/mol. The van der Waals surface area contributed by atoms with Gasteiger partial charge in [-0.15, -0.1) is 0 Å². The van der Waals surface area contributed by atoms with Crippen molar-refractivity contribution in [1.82, 2.24) is 42.5 Å². The number of rotatable bonds is 35. The molecule has 1 aromatic rings. The number of carbonyl (C=O) groups excluding carboxylic acids is 8. The van der Waals surface area contributed by atoms with Gasteiger partial charge in [-0.2, -0.15) is 11.8 Å². The first-order valence-corrected chi connectivity index (χ1v) is 26.7. The summed E-state index contributed by atoms with van der Waals surface area (Å²) in [6, 6.07) is -0.821. The number of nitrogens with one attached hydrogen (secondary N) is 9. The van der Waals surface area contributed by atoms with Crippen LogP contribution in [0.2, 0.25) is 0 Å². The van der Waals surface area contributed by atoms with Gasteiger partial charge in [0.2, 0.25) is 47.3 Å². The van der Waals surface area contributed by atoms with Crippen LogP contribution >= 0.6 is 11.8 Å². The molecule has 0 aliphatic carbocycles. The van der Waals surface area contributed by atoms with Gasteiger partial charge in [-0.3, -0.25) is 48.8 Å². The predicted molar refractivity (Wildman–Crippen MR) is 288 cm³/mol. The van der Waals surface area contributed by atoms with Gasteiger partial charge in [0, 0.05) is 25.6 Å². The second-order valence-electron chi connectivity index (χ2n) is 20.0. The molecule has 0 saturated carbocycles. The molecule has 0 bridgehead atoms. The molecule has 0 radical (unpaired) electrons. The Bertz CT molecular complexity index is 1980. The van der Waals surface area contributed by atoms with Gasteiger partial charge < -0.3 is 65.5 Å². The zero-order valence-electron chi connectivity index (χ0n) is 44.8. The zero-order valence-corrected chi connectivity index (χ0v) is 45.6. The van der Waals surface area contributed by atoms with E-state index in [1.807, 2.05) is 47.8 Å². The standard InChI is InChI=1S/C50H88N14O8S/c1-28(2)24-38(58-32(9)65)46(69)63-40(26-30(5)6)48(71)60-37(20-23-73-10)44(67)62-39(25-29(3)4)47(70)59-36(15-13-22-56-50(54)55)45(68)64-41(31(7)8)49(72)61-35(14-11-12-21-51)43(66)57-27-33-16-18-34(19-17-33)42(52)53/h16-19,28-31,35-41H,11-15,20-27,51H2,1-10H3,(H3,52,53)(H,57,66)(H,58,65)(H,59,70)(H,60,71)(H,61,72)(H,62,67)(H,63,69)(H,64,68)(H4,54,55,56)/t35-,36-,37-,38-,39-,40-,41-/m0/s1. The lowest BCUT2D eigenvalue weighted by molar-refractivity contribution is -0.136. The highest BCUT2D eigenvalue weighted by Crippen LogP contribution is 2.14. The van der Waals surface area contributed by atoms with Crippen molar-refractivity contribution in [2.45, 2.75) is 169 Å². The van der Waals surface area contributed by atoms with Gasteiger partial charge in [-0.1, -0.05) is 79.7 Å². The van der Waals surface area contributed by atoms with Gasteiger partial charge >= 0.3 is 0 Å². The van der Waals surface area contributed by atoms with E-state index >= 15 is 0 Å². The lowest BCUT2D eigenvalue weighted by Crippen LogP contribution is -2.60. The molecule has 0 heterocycles. The summed E-state index contributed by atoms with van der Waals surface area (Å²) in [6.07, 6.45) is 4.39. The number of hydrogen-bond donors (Lipinski definition) is 13. The summed E-state index contributed by atoms with van der Waals surface area (Å²) >= 11 is 1.45. The van der Waals surface area contributed by atoms with Crippen LogP contribution in [0.3, 0.4) is 0 Å². The van der Waals surface area contributed by atoms with Crippen molar-refractivity contribution in [1.29, 1.82) is 5.41 Å². The van der Waals surface area contributed by atoms with Crippen molar-refractivity contribution in [2.24, 2.45) is 51.6 Å². The molecule has 412 valence electrons. The number of benzene rings is 1. The number of nitrogens with two attached hydrogens (primary N) is 4. The van der Waals surface area contributed by atoms with Crippen LogP contribution in [-0.4, -0.2) is 126 Å². The fourth-order valence-electron chi connectivity index (χ4n) is 7.65. The number of carbonyl (C=O) groups is 8. The summed E-state index contributed by atoms with van der Waals surface area (Å²) in [5, 5.41) is 29.9. The first-order valence-electron chi connectivity index (χ1n) is 25.3. The number of amidine groups is 1. The highest BCUT2D eigenvalue weighted by molar-refractivity contribution is 7.98. The maximum Gasteiger partial charge on any atom is 0.243 e. The van der Waals surface area contributed by atoms with Crippen molar-refractivity contribution in [3.63, 3.8) is 0 Å². The number of aliphatic imine (C=N–C) groups is 1. The molecule has 1 aromatic carbocycles. The third-order valence-corrected chi connectivity index (χ3v) is 12.1. The molecule has 73 heavy (non-hydrogen) atoms. The molecule has 8 amide bonds. The lowest BCUT2D eigenvalue weighted by Gasteiger charge is -2.29. The molecule has 0 aromatic heterocycles. The number of guanidine groups is 1. The Labute approximate surface area is 436 Å². The SMILES string of the molecule is CSCC[C@H](NC(=O)[C@H](CC(C)C)NC(=O)[C@H](CC(C)C)NC(C)=O)C(=O)N[C@@H](CC(C)C)C(=O)N[C@@H](CCCN=C(N)N)C(=O)N[C@H](C(=O)N[C@@H](CCCCN)C(=O)NCc1ccc(C(=N)N)cc1)C(C)C. The summed E-state index contributed by atoms with van der Waals surface area (Å²) in [5.74, 6) is -5.09. The molecule has 17 N–H and O–H groups in total. The van der Waals surface area contributed by atoms with Gasteiger partial charge in [0.25, 0.3) is 0 Å². The summed E-state index contributed by atoms with van der Waals surface area (Å²) in [7, 11) is 0. The summed E-state index contributed by atoms with van der Waals surface area (Å²) in [6.45, 7) is 16.7. The van der Waals surface area contributed by atoms with E-state index in [4.69, 9.17) is 28.3 Å². The third-order valence-electron chi connectivity index (χ3n) is 11.5. The van der Waals surface area contributed by atoms with Gasteiger partial charge in [0.15, 0.2) is 5.96 Å². The second-order valence-corrected chi connectivity index (χ2v) is 21.0. The maximum absolute atomic E-state index is 14.3. The van der Waals surface area contributed by atoms with E-state index < -0.39 is 95.5 Å². The van der Waals surface area contributed by atoms with Crippen LogP contribution in [-0.2, 0) is 44.9 Å². The van der Waals surface area contributed by atoms with Crippen LogP contribution in [0, 0.1) is 29.1 Å². The highest BCUT2D eigenvalue weighted by Gasteiger charge is 2.35. The minimum atomic E-state index is -1.25. The molecule has 23 heteroatoms. The lowest BCUT2D eigenvalue weighted by atomic mass is 9.99. The van der Waals surface area contributed by atoms with E-state index in [9.17, 15) is 38.4 Å². The first kappa shape index (κ1) is 65.0. The molecule has 7 atom stereocenters. The van der Waals surface area contributed by atoms with Crippen molar-refractivity contribution < 1.29 is 38.4 Å². The quantitative estimate of drug-likeness (QED) is 0.0254. The van der Waals surface area contributed by atoms with E-state index in [0.29, 0.717) is 37.1 Å². The molecule has 0 unspecified atom stereocenters. The normalized spacial score (nSPS) is 14.1. The Kier molecular flexibility index (Phi) is 30.7. The molecule has 1 rings (SSSR count). The first-order chi connectivity index (χ1) is 34.3. The molecule has 22 nitrogen and oxygen atoms in total. The minimum absolute atomic E-state index is 0.0238. The van der Waals surface area contributed by atoms with E-state index in [0.717, 1.165) is 5.56 Å². The van der Waals surface area contributed by atoms with Gasteiger partial charge in [-0.25, -0.2) is 0 Å². The van der Waals surface area contributed by atoms with Crippen molar-refractivity contribution in [3.8, 4) is 0 Å². The topological polar surface area (TPSA) is 373 Å². The van der Waals surface area contributed by atoms with E-state index in [-0.39, 0.29) is 81.2 Å². The van der Waals surface area contributed by atoms with Crippen LogP contribution in [0.1, 0.15) is 131 Å². The van der Waals surface area contributed by atoms with Crippen LogP contribution in [0.25, 0.3) is 0 Å². The molecule has 0 aliphatic rings. The van der Waals surface area contributed by atoms with Crippen LogP contribution < -0.4 is 65.5 Å². The molecular weight excluding hydrogens is 957 g/mol. The number of nitrogens with zero attached hydrogens (tertiary/aromatic N) is 1.